The molecule has 0 bridgehead atoms. The van der Waals surface area contributed by atoms with E-state index in [0.717, 1.165) is 6.54 Å². The molecule has 43 heavy (non-hydrogen) atoms. The monoisotopic (exact) mass is 553 g/mol. The largest absolute Gasteiger partial charge is 0.306 e. The maximum atomic E-state index is 2.40. The Morgan fingerprint density at radius 1 is 0.442 bits per heavy atom. The molecule has 0 N–H and O–H groups in total. The highest BCUT2D eigenvalue weighted by atomic mass is 15.0. The second-order valence-electron chi connectivity index (χ2n) is 11.3. The molecular formula is C41H36BN. The minimum absolute atomic E-state index is 0.0807. The van der Waals surface area contributed by atoms with Gasteiger partial charge in [0.25, 0.3) is 0 Å². The molecular weight excluding hydrogens is 517 g/mol. The lowest BCUT2D eigenvalue weighted by molar-refractivity contribution is 0.457. The van der Waals surface area contributed by atoms with Gasteiger partial charge in [0, 0.05) is 6.54 Å². The van der Waals surface area contributed by atoms with Crippen LogP contribution < -0.4 is 10.9 Å². The lowest BCUT2D eigenvalue weighted by Crippen LogP contribution is -2.43. The Morgan fingerprint density at radius 3 is 1.12 bits per heavy atom. The molecule has 6 aromatic rings. The van der Waals surface area contributed by atoms with E-state index in [1.807, 2.05) is 0 Å². The maximum Gasteiger partial charge on any atom is 0.241 e. The molecule has 0 amide bonds. The molecule has 0 heterocycles. The number of likely N-dealkylation sites (N-methyl/N-ethyl adjacent to an activating group) is 1. The van der Waals surface area contributed by atoms with Gasteiger partial charge in [-0.2, -0.15) is 0 Å². The summed E-state index contributed by atoms with van der Waals surface area (Å²) in [6.07, 6.45) is 2.40. The van der Waals surface area contributed by atoms with Gasteiger partial charge >= 0.3 is 0 Å². The third kappa shape index (κ3) is 6.78. The summed E-state index contributed by atoms with van der Waals surface area (Å²) in [6.45, 7) is 0.938. The van der Waals surface area contributed by atoms with E-state index in [4.69, 9.17) is 0 Å². The average Bonchev–Trinajstić information content (AvgIpc) is 3.08. The predicted octanol–water partition coefficient (Wildman–Crippen LogP) is 8.48. The lowest BCUT2D eigenvalue weighted by atomic mass is 9.35. The normalized spacial score (nSPS) is 11.5. The van der Waals surface area contributed by atoms with Crippen LogP contribution in [0.25, 0.3) is 38.9 Å². The van der Waals surface area contributed by atoms with Crippen LogP contribution in [0.15, 0.2) is 170 Å². The smallest absolute Gasteiger partial charge is 0.241 e. The van der Waals surface area contributed by atoms with E-state index in [1.54, 1.807) is 0 Å². The minimum Gasteiger partial charge on any atom is -0.306 e. The highest BCUT2D eigenvalue weighted by molar-refractivity contribution is 6.99. The Balaban J connectivity index is 1.44. The first-order chi connectivity index (χ1) is 21.2. The summed E-state index contributed by atoms with van der Waals surface area (Å²) in [5.74, 6) is 0. The Hall–Kier alpha value is -4.92. The molecule has 2 heteroatoms. The average molecular weight is 554 g/mol. The molecule has 0 saturated carbocycles. The quantitative estimate of drug-likeness (QED) is 0.162. The van der Waals surface area contributed by atoms with Crippen LogP contribution in [0.4, 0.5) is 0 Å². The van der Waals surface area contributed by atoms with E-state index in [-0.39, 0.29) is 6.71 Å². The highest BCUT2D eigenvalue weighted by Crippen LogP contribution is 2.26. The van der Waals surface area contributed by atoms with Gasteiger partial charge in [-0.15, -0.1) is 0 Å². The Labute approximate surface area is 256 Å². The molecule has 1 nitrogen and oxygen atoms in total. The van der Waals surface area contributed by atoms with E-state index in [1.165, 1.54) is 55.3 Å². The van der Waals surface area contributed by atoms with Gasteiger partial charge in [0.15, 0.2) is 0 Å². The summed E-state index contributed by atoms with van der Waals surface area (Å²) in [4.78, 5) is 2.23. The molecule has 0 aliphatic heterocycles. The lowest BCUT2D eigenvalue weighted by Gasteiger charge is -2.22. The van der Waals surface area contributed by atoms with E-state index in [9.17, 15) is 0 Å². The minimum atomic E-state index is 0.0807. The zero-order chi connectivity index (χ0) is 29.4. The van der Waals surface area contributed by atoms with Crippen molar-refractivity contribution in [1.82, 2.24) is 4.90 Å². The van der Waals surface area contributed by atoms with Crippen LogP contribution in [0.5, 0.6) is 0 Å². The number of hydrogen-bond donors (Lipinski definition) is 0. The van der Waals surface area contributed by atoms with Crippen molar-refractivity contribution in [3.8, 4) is 33.4 Å². The van der Waals surface area contributed by atoms with Crippen molar-refractivity contribution in [2.45, 2.75) is 0 Å². The van der Waals surface area contributed by atoms with Crippen molar-refractivity contribution >= 4 is 23.1 Å². The van der Waals surface area contributed by atoms with Crippen molar-refractivity contribution in [3.05, 3.63) is 175 Å². The molecule has 6 rings (SSSR count). The fraction of sp³-hybridized carbons (Fsp3) is 0.0732. The molecule has 208 valence electrons. The SMILES string of the molecule is CN(C)C/C=C(\B(c1ccc(-c2ccccc2)cc1)c1ccc(-c2ccccc2)cc1)c1ccc(-c2ccccc2)cc1. The molecule has 6 aromatic carbocycles. The van der Waals surface area contributed by atoms with E-state index in [0.29, 0.717) is 0 Å². The summed E-state index contributed by atoms with van der Waals surface area (Å²) in [5, 5.41) is 0. The third-order valence-corrected chi connectivity index (χ3v) is 8.01. The molecule has 0 unspecified atom stereocenters. The zero-order valence-corrected chi connectivity index (χ0v) is 24.9. The molecule has 0 aromatic heterocycles. The highest BCUT2D eigenvalue weighted by Gasteiger charge is 2.25. The van der Waals surface area contributed by atoms with Gasteiger partial charge in [0.2, 0.25) is 6.71 Å². The molecule has 0 fully saturated rings. The predicted molar refractivity (Wildman–Crippen MR) is 187 cm³/mol. The molecule has 0 aliphatic carbocycles. The van der Waals surface area contributed by atoms with Gasteiger partial charge in [0.05, 0.1) is 0 Å². The summed E-state index contributed by atoms with van der Waals surface area (Å²) < 4.78 is 0. The Kier molecular flexibility index (Phi) is 8.78. The molecule has 0 saturated heterocycles. The van der Waals surface area contributed by atoms with Crippen molar-refractivity contribution in [1.29, 1.82) is 0 Å². The number of rotatable bonds is 9. The van der Waals surface area contributed by atoms with Crippen LogP contribution in [-0.2, 0) is 0 Å². The van der Waals surface area contributed by atoms with Crippen LogP contribution in [0, 0.1) is 0 Å². The zero-order valence-electron chi connectivity index (χ0n) is 24.9. The first kappa shape index (κ1) is 28.2. The Morgan fingerprint density at radius 2 is 0.767 bits per heavy atom. The maximum absolute atomic E-state index is 2.40. The van der Waals surface area contributed by atoms with Crippen LogP contribution in [0.2, 0.25) is 0 Å². The van der Waals surface area contributed by atoms with Gasteiger partial charge in [-0.05, 0) is 53.0 Å². The molecule has 0 aliphatic rings. The van der Waals surface area contributed by atoms with E-state index in [2.05, 4.69) is 189 Å². The van der Waals surface area contributed by atoms with Crippen LogP contribution in [-0.4, -0.2) is 32.3 Å². The molecule has 0 atom stereocenters. The van der Waals surface area contributed by atoms with Gasteiger partial charge < -0.3 is 4.90 Å². The van der Waals surface area contributed by atoms with Crippen molar-refractivity contribution < 1.29 is 0 Å². The fourth-order valence-corrected chi connectivity index (χ4v) is 5.72. The first-order valence-corrected chi connectivity index (χ1v) is 15.0. The summed E-state index contributed by atoms with van der Waals surface area (Å²) in [6, 6.07) is 59.2. The third-order valence-electron chi connectivity index (χ3n) is 8.01. The van der Waals surface area contributed by atoms with Gasteiger partial charge in [-0.1, -0.05) is 186 Å². The topological polar surface area (TPSA) is 3.24 Å². The standard InChI is InChI=1S/C41H36BN/c1-43(2)31-30-41(38-20-18-35(19-21-38)32-12-6-3-7-13-32)42(39-26-22-36(23-27-39)33-14-8-4-9-15-33)40-28-24-37(25-29-40)34-16-10-5-11-17-34/h3-30H,31H2,1-2H3/b41-30-. The van der Waals surface area contributed by atoms with Crippen molar-refractivity contribution in [3.63, 3.8) is 0 Å². The van der Waals surface area contributed by atoms with Gasteiger partial charge in [-0.25, -0.2) is 0 Å². The van der Waals surface area contributed by atoms with Crippen LogP contribution in [0.3, 0.4) is 0 Å². The first-order valence-electron chi connectivity index (χ1n) is 15.0. The number of hydrogen-bond acceptors (Lipinski definition) is 1. The Bertz CT molecular complexity index is 1670. The van der Waals surface area contributed by atoms with Gasteiger partial charge in [-0.3, -0.25) is 0 Å². The fourth-order valence-electron chi connectivity index (χ4n) is 5.72. The molecule has 0 radical (unpaired) electrons. The second-order valence-corrected chi connectivity index (χ2v) is 11.3. The van der Waals surface area contributed by atoms with Crippen molar-refractivity contribution in [2.24, 2.45) is 0 Å². The summed E-state index contributed by atoms with van der Waals surface area (Å²) >= 11 is 0. The number of benzene rings is 6. The second kappa shape index (κ2) is 13.4. The number of nitrogens with zero attached hydrogens (tertiary/aromatic N) is 1. The summed E-state index contributed by atoms with van der Waals surface area (Å²) in [7, 11) is 4.26. The van der Waals surface area contributed by atoms with Crippen molar-refractivity contribution in [2.75, 3.05) is 20.6 Å². The van der Waals surface area contributed by atoms with E-state index < -0.39 is 0 Å². The van der Waals surface area contributed by atoms with Gasteiger partial charge in [0.1, 0.15) is 0 Å². The summed E-state index contributed by atoms with van der Waals surface area (Å²) in [5.41, 5.74) is 12.5. The van der Waals surface area contributed by atoms with Crippen LogP contribution >= 0.6 is 0 Å². The molecule has 0 spiro atoms. The van der Waals surface area contributed by atoms with E-state index >= 15 is 0 Å². The van der Waals surface area contributed by atoms with Crippen LogP contribution in [0.1, 0.15) is 5.56 Å².